The summed E-state index contributed by atoms with van der Waals surface area (Å²) in [6, 6.07) is -1.19. The molecule has 0 aromatic carbocycles. The molecule has 0 aromatic rings. The highest BCUT2D eigenvalue weighted by Gasteiger charge is 2.44. The highest BCUT2D eigenvalue weighted by atomic mass is 16.7. The van der Waals surface area contributed by atoms with E-state index in [0.29, 0.717) is 19.3 Å². The van der Waals surface area contributed by atoms with Gasteiger partial charge in [-0.25, -0.2) is 0 Å². The van der Waals surface area contributed by atoms with E-state index < -0.39 is 74.2 Å². The summed E-state index contributed by atoms with van der Waals surface area (Å²) in [4.78, 5) is 13.1. The third-order valence-electron chi connectivity index (χ3n) is 11.2. The molecule has 0 bridgehead atoms. The Morgan fingerprint density at radius 2 is 1.05 bits per heavy atom. The van der Waals surface area contributed by atoms with Crippen LogP contribution in [0.3, 0.4) is 0 Å². The Bertz CT molecular complexity index is 981. The molecule has 0 aliphatic carbocycles. The van der Waals surface area contributed by atoms with Gasteiger partial charge < -0.3 is 50.5 Å². The SMILES string of the molecule is CCCCCCC/C=C/CC/C=C/CCCC(O)C(O)C(COC1OC(CO)C(O)C(O)C1O)NC(=O)C(O)CCCCCCCCCCCCCCCCCC. The van der Waals surface area contributed by atoms with Crippen molar-refractivity contribution in [3.8, 4) is 0 Å². The number of hydrogen-bond donors (Lipinski definition) is 8. The van der Waals surface area contributed by atoms with Gasteiger partial charge in [-0.15, -0.1) is 0 Å². The van der Waals surface area contributed by atoms with Crippen LogP contribution in [0.4, 0.5) is 0 Å². The van der Waals surface area contributed by atoms with E-state index in [0.717, 1.165) is 38.5 Å². The molecule has 0 saturated carbocycles. The average Bonchev–Trinajstić information content (AvgIpc) is 3.21. The molecular weight excluding hydrogens is 727 g/mol. The quantitative estimate of drug-likeness (QED) is 0.0230. The van der Waals surface area contributed by atoms with Crippen molar-refractivity contribution >= 4 is 5.91 Å². The molecular formula is C46H87NO10. The highest BCUT2D eigenvalue weighted by Crippen LogP contribution is 2.23. The van der Waals surface area contributed by atoms with E-state index >= 15 is 0 Å². The molecule has 336 valence electrons. The van der Waals surface area contributed by atoms with E-state index in [-0.39, 0.29) is 12.8 Å². The van der Waals surface area contributed by atoms with E-state index in [1.165, 1.54) is 109 Å². The van der Waals surface area contributed by atoms with Gasteiger partial charge in [-0.1, -0.05) is 167 Å². The summed E-state index contributed by atoms with van der Waals surface area (Å²) < 4.78 is 11.1. The lowest BCUT2D eigenvalue weighted by Crippen LogP contribution is -2.60. The number of allylic oxidation sites excluding steroid dienone is 4. The molecule has 9 unspecified atom stereocenters. The maximum absolute atomic E-state index is 13.1. The second-order valence-corrected chi connectivity index (χ2v) is 16.5. The van der Waals surface area contributed by atoms with Crippen LogP contribution in [0.15, 0.2) is 24.3 Å². The molecule has 11 heteroatoms. The van der Waals surface area contributed by atoms with Gasteiger partial charge in [0.1, 0.15) is 36.6 Å². The molecule has 1 aliphatic rings. The zero-order valence-corrected chi connectivity index (χ0v) is 36.1. The van der Waals surface area contributed by atoms with E-state index in [2.05, 4.69) is 43.5 Å². The van der Waals surface area contributed by atoms with Gasteiger partial charge in [-0.3, -0.25) is 4.79 Å². The van der Waals surface area contributed by atoms with Gasteiger partial charge in [0, 0.05) is 0 Å². The summed E-state index contributed by atoms with van der Waals surface area (Å²) in [5.41, 5.74) is 0. The molecule has 9 atom stereocenters. The minimum atomic E-state index is -1.67. The molecule has 57 heavy (non-hydrogen) atoms. The highest BCUT2D eigenvalue weighted by molar-refractivity contribution is 5.80. The van der Waals surface area contributed by atoms with Gasteiger partial charge in [0.15, 0.2) is 6.29 Å². The van der Waals surface area contributed by atoms with E-state index in [1.54, 1.807) is 0 Å². The molecule has 1 aliphatic heterocycles. The number of ether oxygens (including phenoxy) is 2. The van der Waals surface area contributed by atoms with Crippen molar-refractivity contribution in [2.45, 2.75) is 249 Å². The molecule has 11 nitrogen and oxygen atoms in total. The number of carbonyl (C=O) groups is 1. The number of aliphatic hydroxyl groups excluding tert-OH is 7. The fourth-order valence-corrected chi connectivity index (χ4v) is 7.34. The molecule has 0 aromatic heterocycles. The molecule has 1 fully saturated rings. The molecule has 1 amide bonds. The van der Waals surface area contributed by atoms with Crippen LogP contribution in [0, 0.1) is 0 Å². The van der Waals surface area contributed by atoms with Crippen molar-refractivity contribution < 1.29 is 50.0 Å². The number of rotatable bonds is 38. The summed E-state index contributed by atoms with van der Waals surface area (Å²) in [6.07, 6.45) is 28.0. The van der Waals surface area contributed by atoms with Crippen molar-refractivity contribution in [3.63, 3.8) is 0 Å². The van der Waals surface area contributed by atoms with Crippen LogP contribution >= 0.6 is 0 Å². The lowest BCUT2D eigenvalue weighted by molar-refractivity contribution is -0.303. The van der Waals surface area contributed by atoms with Crippen LogP contribution in [-0.2, 0) is 14.3 Å². The molecule has 0 spiro atoms. The van der Waals surface area contributed by atoms with E-state index in [4.69, 9.17) is 9.47 Å². The number of hydrogen-bond acceptors (Lipinski definition) is 10. The first kappa shape index (κ1) is 53.6. The van der Waals surface area contributed by atoms with E-state index in [9.17, 15) is 40.5 Å². The van der Waals surface area contributed by atoms with Crippen molar-refractivity contribution in [1.82, 2.24) is 5.32 Å². The Balaban J connectivity index is 2.48. The Kier molecular flexibility index (Phi) is 34.3. The van der Waals surface area contributed by atoms with Crippen molar-refractivity contribution in [2.24, 2.45) is 0 Å². The topological polar surface area (TPSA) is 189 Å². The summed E-state index contributed by atoms with van der Waals surface area (Å²) in [7, 11) is 0. The van der Waals surface area contributed by atoms with Gasteiger partial charge in [-0.05, 0) is 51.4 Å². The van der Waals surface area contributed by atoms with Gasteiger partial charge in [-0.2, -0.15) is 0 Å². The smallest absolute Gasteiger partial charge is 0.249 e. The first-order chi connectivity index (χ1) is 27.7. The molecule has 1 heterocycles. The standard InChI is InChI=1S/C46H87NO10/c1-3-5-7-9-11-13-15-17-19-20-22-24-26-28-30-32-34-39(50)45(55)47-37(36-56-46-44(54)43(53)42(52)40(35-48)57-46)41(51)38(49)33-31-29-27-25-23-21-18-16-14-12-10-8-6-4-2/h16,18,25,27,37-44,46,48-54H,3-15,17,19-24,26,28-36H2,1-2H3,(H,47,55)/b18-16+,27-25+. The van der Waals surface area contributed by atoms with E-state index in [1.807, 2.05) is 0 Å². The van der Waals surface area contributed by atoms with Crippen LogP contribution in [0.2, 0.25) is 0 Å². The minimum Gasteiger partial charge on any atom is -0.394 e. The first-order valence-electron chi connectivity index (χ1n) is 23.2. The van der Waals surface area contributed by atoms with Crippen molar-refractivity contribution in [1.29, 1.82) is 0 Å². The number of nitrogens with one attached hydrogen (secondary N) is 1. The largest absolute Gasteiger partial charge is 0.394 e. The van der Waals surface area contributed by atoms with Crippen molar-refractivity contribution in [2.75, 3.05) is 13.2 Å². The normalized spacial score (nSPS) is 22.3. The van der Waals surface area contributed by atoms with Gasteiger partial charge >= 0.3 is 0 Å². The number of amides is 1. The Hall–Kier alpha value is -1.41. The monoisotopic (exact) mass is 814 g/mol. The summed E-state index contributed by atoms with van der Waals surface area (Å²) in [6.45, 7) is 3.40. The number of aliphatic hydroxyl groups is 7. The molecule has 8 N–H and O–H groups in total. The fourth-order valence-electron chi connectivity index (χ4n) is 7.34. The van der Waals surface area contributed by atoms with Crippen LogP contribution < -0.4 is 5.32 Å². The predicted molar refractivity (Wildman–Crippen MR) is 229 cm³/mol. The Morgan fingerprint density at radius 1 is 0.596 bits per heavy atom. The molecule has 1 rings (SSSR count). The summed E-state index contributed by atoms with van der Waals surface area (Å²) >= 11 is 0. The van der Waals surface area contributed by atoms with Gasteiger partial charge in [0.25, 0.3) is 0 Å². The first-order valence-corrected chi connectivity index (χ1v) is 23.2. The van der Waals surface area contributed by atoms with Crippen LogP contribution in [0.5, 0.6) is 0 Å². The minimum absolute atomic E-state index is 0.248. The van der Waals surface area contributed by atoms with Crippen LogP contribution in [0.1, 0.15) is 194 Å². The second kappa shape index (κ2) is 36.4. The Labute approximate surface area is 346 Å². The lowest BCUT2D eigenvalue weighted by atomic mass is 9.98. The van der Waals surface area contributed by atoms with Crippen LogP contribution in [-0.4, -0.2) is 110 Å². The van der Waals surface area contributed by atoms with Gasteiger partial charge in [0.05, 0.1) is 25.4 Å². The zero-order chi connectivity index (χ0) is 41.9. The summed E-state index contributed by atoms with van der Waals surface area (Å²) in [5, 5.41) is 75.6. The fraction of sp³-hybridized carbons (Fsp3) is 0.891. The number of carbonyl (C=O) groups excluding carboxylic acids is 1. The molecule has 0 radical (unpaired) electrons. The molecule has 1 saturated heterocycles. The maximum Gasteiger partial charge on any atom is 0.249 e. The zero-order valence-electron chi connectivity index (χ0n) is 36.1. The predicted octanol–water partition coefficient (Wildman–Crippen LogP) is 7.45. The average molecular weight is 814 g/mol. The lowest BCUT2D eigenvalue weighted by Gasteiger charge is -2.40. The summed E-state index contributed by atoms with van der Waals surface area (Å²) in [5.74, 6) is -0.710. The third kappa shape index (κ3) is 26.4. The van der Waals surface area contributed by atoms with Crippen LogP contribution in [0.25, 0.3) is 0 Å². The maximum atomic E-state index is 13.1. The third-order valence-corrected chi connectivity index (χ3v) is 11.2. The Morgan fingerprint density at radius 3 is 1.56 bits per heavy atom. The van der Waals surface area contributed by atoms with Crippen molar-refractivity contribution in [3.05, 3.63) is 24.3 Å². The van der Waals surface area contributed by atoms with Gasteiger partial charge in [0.2, 0.25) is 5.91 Å². The second-order valence-electron chi connectivity index (χ2n) is 16.5. The number of unbranched alkanes of at least 4 members (excludes halogenated alkanes) is 22.